The number of ether oxygens (including phenoxy) is 1. The quantitative estimate of drug-likeness (QED) is 0.576. The van der Waals surface area contributed by atoms with Gasteiger partial charge in [0, 0.05) is 5.56 Å². The zero-order valence-electron chi connectivity index (χ0n) is 17.5. The summed E-state index contributed by atoms with van der Waals surface area (Å²) in [7, 11) is 0. The summed E-state index contributed by atoms with van der Waals surface area (Å²) in [6, 6.07) is 15.4. The monoisotopic (exact) mass is 423 g/mol. The zero-order chi connectivity index (χ0) is 21.7. The van der Waals surface area contributed by atoms with E-state index in [1.165, 1.54) is 16.9 Å². The fourth-order valence-corrected chi connectivity index (χ4v) is 4.03. The van der Waals surface area contributed by atoms with E-state index in [1.807, 2.05) is 55.5 Å². The highest BCUT2D eigenvalue weighted by atomic mass is 32.1. The van der Waals surface area contributed by atoms with E-state index in [4.69, 9.17) is 4.74 Å². The van der Waals surface area contributed by atoms with Crippen molar-refractivity contribution < 1.29 is 14.3 Å². The van der Waals surface area contributed by atoms with Gasteiger partial charge in [0.1, 0.15) is 15.6 Å². The Hall–Kier alpha value is -3.19. The van der Waals surface area contributed by atoms with Gasteiger partial charge < -0.3 is 4.74 Å². The van der Waals surface area contributed by atoms with E-state index in [0.717, 1.165) is 16.1 Å². The molecular weight excluding hydrogens is 398 g/mol. The third-order valence-corrected chi connectivity index (χ3v) is 5.78. The van der Waals surface area contributed by atoms with Crippen LogP contribution in [0.3, 0.4) is 0 Å². The van der Waals surface area contributed by atoms with Crippen LogP contribution >= 0.6 is 11.3 Å². The normalized spacial score (nSPS) is 10.7. The molecule has 156 valence electrons. The van der Waals surface area contributed by atoms with Crippen LogP contribution in [0, 0.1) is 13.8 Å². The average molecular weight is 424 g/mol. The molecule has 0 bridgehead atoms. The minimum Gasteiger partial charge on any atom is -0.484 e. The standard InChI is InChI=1S/C23H25N3O3S/c1-14(2)19-11-10-18(12-15(19)3)29-13-20(27)25-26-22(28)21-16(4)24-23(30-21)17-8-6-5-7-9-17/h5-12,14H,13H2,1-4H3,(H,25,27)(H,26,28). The van der Waals surface area contributed by atoms with Crippen molar-refractivity contribution in [3.63, 3.8) is 0 Å². The van der Waals surface area contributed by atoms with Gasteiger partial charge in [0.05, 0.1) is 5.69 Å². The molecule has 1 aromatic heterocycles. The molecule has 3 aromatic rings. The van der Waals surface area contributed by atoms with Crippen LogP contribution in [0.5, 0.6) is 5.75 Å². The Labute approximate surface area is 180 Å². The molecule has 2 aromatic carbocycles. The molecule has 0 aliphatic rings. The third-order valence-electron chi connectivity index (χ3n) is 4.57. The van der Waals surface area contributed by atoms with Crippen molar-refractivity contribution in [2.75, 3.05) is 6.61 Å². The molecule has 0 saturated heterocycles. The Bertz CT molecular complexity index is 1050. The molecule has 2 N–H and O–H groups in total. The van der Waals surface area contributed by atoms with E-state index in [-0.39, 0.29) is 6.61 Å². The van der Waals surface area contributed by atoms with Gasteiger partial charge in [-0.15, -0.1) is 11.3 Å². The first kappa shape index (κ1) is 21.5. The molecule has 0 unspecified atom stereocenters. The molecule has 0 fully saturated rings. The van der Waals surface area contributed by atoms with Crippen LogP contribution in [0.25, 0.3) is 10.6 Å². The van der Waals surface area contributed by atoms with E-state index in [9.17, 15) is 9.59 Å². The highest BCUT2D eigenvalue weighted by Gasteiger charge is 2.17. The second-order valence-electron chi connectivity index (χ2n) is 7.26. The highest BCUT2D eigenvalue weighted by molar-refractivity contribution is 7.17. The number of carbonyl (C=O) groups is 2. The average Bonchev–Trinajstić information content (AvgIpc) is 3.12. The maximum atomic E-state index is 12.4. The van der Waals surface area contributed by atoms with Gasteiger partial charge in [-0.25, -0.2) is 4.98 Å². The molecule has 30 heavy (non-hydrogen) atoms. The van der Waals surface area contributed by atoms with Gasteiger partial charge in [-0.05, 0) is 43.0 Å². The SMILES string of the molecule is Cc1cc(OCC(=O)NNC(=O)c2sc(-c3ccccc3)nc2C)ccc1C(C)C. The van der Waals surface area contributed by atoms with Crippen molar-refractivity contribution in [2.45, 2.75) is 33.6 Å². The van der Waals surface area contributed by atoms with E-state index in [2.05, 4.69) is 29.7 Å². The van der Waals surface area contributed by atoms with Gasteiger partial charge >= 0.3 is 0 Å². The van der Waals surface area contributed by atoms with Crippen LogP contribution < -0.4 is 15.6 Å². The number of benzene rings is 2. The van der Waals surface area contributed by atoms with Crippen molar-refractivity contribution in [2.24, 2.45) is 0 Å². The molecular formula is C23H25N3O3S. The number of carbonyl (C=O) groups excluding carboxylic acids is 2. The first-order valence-corrected chi connectivity index (χ1v) is 10.5. The lowest BCUT2D eigenvalue weighted by Crippen LogP contribution is -2.43. The van der Waals surface area contributed by atoms with Crippen LogP contribution in [0.2, 0.25) is 0 Å². The number of thiazole rings is 1. The van der Waals surface area contributed by atoms with E-state index in [0.29, 0.717) is 22.2 Å². The Kier molecular flexibility index (Phi) is 6.84. The second kappa shape index (κ2) is 9.54. The van der Waals surface area contributed by atoms with Crippen molar-refractivity contribution in [3.05, 3.63) is 70.2 Å². The lowest BCUT2D eigenvalue weighted by molar-refractivity contribution is -0.123. The molecule has 0 aliphatic heterocycles. The maximum Gasteiger partial charge on any atom is 0.281 e. The van der Waals surface area contributed by atoms with Gasteiger partial charge in [0.25, 0.3) is 11.8 Å². The smallest absolute Gasteiger partial charge is 0.281 e. The molecule has 2 amide bonds. The summed E-state index contributed by atoms with van der Waals surface area (Å²) in [5.74, 6) is 0.191. The summed E-state index contributed by atoms with van der Waals surface area (Å²) < 4.78 is 5.53. The van der Waals surface area contributed by atoms with Crippen LogP contribution in [-0.4, -0.2) is 23.4 Å². The minimum absolute atomic E-state index is 0.197. The number of amides is 2. The Morgan fingerprint density at radius 2 is 1.80 bits per heavy atom. The van der Waals surface area contributed by atoms with E-state index in [1.54, 1.807) is 6.92 Å². The molecule has 0 atom stereocenters. The number of rotatable bonds is 6. The fourth-order valence-electron chi connectivity index (χ4n) is 3.07. The molecule has 1 heterocycles. The van der Waals surface area contributed by atoms with Gasteiger partial charge in [-0.3, -0.25) is 20.4 Å². The van der Waals surface area contributed by atoms with Crippen molar-refractivity contribution in [1.29, 1.82) is 0 Å². The number of aryl methyl sites for hydroxylation is 2. The summed E-state index contributed by atoms with van der Waals surface area (Å²) >= 11 is 1.28. The topological polar surface area (TPSA) is 80.3 Å². The van der Waals surface area contributed by atoms with Crippen molar-refractivity contribution in [3.8, 4) is 16.3 Å². The predicted octanol–water partition coefficient (Wildman–Crippen LogP) is 4.39. The van der Waals surface area contributed by atoms with Gasteiger partial charge in [-0.2, -0.15) is 0 Å². The molecule has 0 radical (unpaired) electrons. The Morgan fingerprint density at radius 1 is 1.07 bits per heavy atom. The molecule has 0 aliphatic carbocycles. The predicted molar refractivity (Wildman–Crippen MR) is 119 cm³/mol. The maximum absolute atomic E-state index is 12.4. The summed E-state index contributed by atoms with van der Waals surface area (Å²) in [4.78, 5) is 29.4. The first-order valence-electron chi connectivity index (χ1n) is 9.70. The molecule has 7 heteroatoms. The zero-order valence-corrected chi connectivity index (χ0v) is 18.3. The minimum atomic E-state index is -0.445. The molecule has 0 spiro atoms. The lowest BCUT2D eigenvalue weighted by atomic mass is 9.98. The largest absolute Gasteiger partial charge is 0.484 e. The van der Waals surface area contributed by atoms with Crippen LogP contribution in [-0.2, 0) is 4.79 Å². The number of hydrogen-bond donors (Lipinski definition) is 2. The number of hydrogen-bond acceptors (Lipinski definition) is 5. The second-order valence-corrected chi connectivity index (χ2v) is 8.26. The van der Waals surface area contributed by atoms with Crippen LogP contribution in [0.4, 0.5) is 0 Å². The van der Waals surface area contributed by atoms with Gasteiger partial charge in [0.15, 0.2) is 6.61 Å². The molecule has 6 nitrogen and oxygen atoms in total. The number of nitrogens with one attached hydrogen (secondary N) is 2. The van der Waals surface area contributed by atoms with E-state index >= 15 is 0 Å². The summed E-state index contributed by atoms with van der Waals surface area (Å²) in [6.45, 7) is 7.85. The van der Waals surface area contributed by atoms with Crippen molar-refractivity contribution in [1.82, 2.24) is 15.8 Å². The van der Waals surface area contributed by atoms with Crippen LogP contribution in [0.1, 0.15) is 46.3 Å². The van der Waals surface area contributed by atoms with E-state index < -0.39 is 11.8 Å². The summed E-state index contributed by atoms with van der Waals surface area (Å²) in [5.41, 5.74) is 8.73. The lowest BCUT2D eigenvalue weighted by Gasteiger charge is -2.12. The fraction of sp³-hybridized carbons (Fsp3) is 0.261. The highest BCUT2D eigenvalue weighted by Crippen LogP contribution is 2.27. The summed E-state index contributed by atoms with van der Waals surface area (Å²) in [5, 5.41) is 0.758. The third kappa shape index (κ3) is 5.24. The number of nitrogens with zero attached hydrogens (tertiary/aromatic N) is 1. The Balaban J connectivity index is 1.53. The van der Waals surface area contributed by atoms with Crippen LogP contribution in [0.15, 0.2) is 48.5 Å². The number of hydrazine groups is 1. The number of aromatic nitrogens is 1. The summed E-state index contributed by atoms with van der Waals surface area (Å²) in [6.07, 6.45) is 0. The molecule has 3 rings (SSSR count). The Morgan fingerprint density at radius 3 is 2.47 bits per heavy atom. The first-order chi connectivity index (χ1) is 14.3. The van der Waals surface area contributed by atoms with Gasteiger partial charge in [0.2, 0.25) is 0 Å². The molecule has 0 saturated carbocycles. The van der Waals surface area contributed by atoms with Crippen molar-refractivity contribution >= 4 is 23.2 Å². The van der Waals surface area contributed by atoms with Gasteiger partial charge in [-0.1, -0.05) is 50.2 Å².